The molecule has 2 fully saturated rings. The van der Waals surface area contributed by atoms with Gasteiger partial charge < -0.3 is 14.4 Å². The van der Waals surface area contributed by atoms with Gasteiger partial charge in [0.15, 0.2) is 5.76 Å². The Kier molecular flexibility index (Phi) is 3.39. The maximum atomic E-state index is 11.6. The van der Waals surface area contributed by atoms with Crippen LogP contribution >= 0.6 is 0 Å². The summed E-state index contributed by atoms with van der Waals surface area (Å²) in [4.78, 5) is 17.8. The molecule has 2 aromatic heterocycles. The van der Waals surface area contributed by atoms with Crippen LogP contribution in [0.3, 0.4) is 0 Å². The highest BCUT2D eigenvalue weighted by molar-refractivity contribution is 5.76. The Bertz CT molecular complexity index is 717. The molecule has 0 amide bonds. The van der Waals surface area contributed by atoms with Gasteiger partial charge in [-0.05, 0) is 12.1 Å². The van der Waals surface area contributed by atoms with Crippen molar-refractivity contribution in [2.24, 2.45) is 11.3 Å². The number of pyridine rings is 1. The third kappa shape index (κ3) is 2.42. The molecule has 2 saturated heterocycles. The first-order chi connectivity index (χ1) is 11.2. The van der Waals surface area contributed by atoms with Crippen molar-refractivity contribution in [2.45, 2.75) is 6.54 Å². The number of fused-ring (bicyclic) bond motifs is 1. The number of hydrogen-bond donors (Lipinski definition) is 1. The van der Waals surface area contributed by atoms with E-state index in [-0.39, 0.29) is 5.92 Å². The van der Waals surface area contributed by atoms with Crippen LogP contribution in [0.4, 0.5) is 0 Å². The Morgan fingerprint density at radius 3 is 3.17 bits per heavy atom. The molecular weight excluding hydrogens is 298 g/mol. The molecule has 23 heavy (non-hydrogen) atoms. The Hall–Kier alpha value is -2.25. The minimum absolute atomic E-state index is 0.0423. The second-order valence-corrected chi connectivity index (χ2v) is 6.26. The number of carboxylic acid groups (broad SMARTS) is 1. The highest BCUT2D eigenvalue weighted by Gasteiger charge is 2.56. The van der Waals surface area contributed by atoms with Gasteiger partial charge in [-0.1, -0.05) is 5.16 Å². The zero-order valence-corrected chi connectivity index (χ0v) is 12.5. The minimum atomic E-state index is -0.772. The SMILES string of the molecule is O=C(O)[C@]12COC[C@H]1CN(Cc1cc(-c3cccnc3)no1)C2. The second-order valence-electron chi connectivity index (χ2n) is 6.26. The van der Waals surface area contributed by atoms with E-state index in [1.165, 1.54) is 0 Å². The van der Waals surface area contributed by atoms with E-state index in [2.05, 4.69) is 15.0 Å². The van der Waals surface area contributed by atoms with Crippen LogP contribution in [0.2, 0.25) is 0 Å². The molecule has 120 valence electrons. The van der Waals surface area contributed by atoms with Crippen LogP contribution in [0.15, 0.2) is 35.1 Å². The van der Waals surface area contributed by atoms with Crippen molar-refractivity contribution in [3.05, 3.63) is 36.4 Å². The lowest BCUT2D eigenvalue weighted by molar-refractivity contribution is -0.149. The lowest BCUT2D eigenvalue weighted by atomic mass is 9.81. The summed E-state index contributed by atoms with van der Waals surface area (Å²) in [6.45, 7) is 2.55. The lowest BCUT2D eigenvalue weighted by Crippen LogP contribution is -2.38. The van der Waals surface area contributed by atoms with Crippen molar-refractivity contribution in [3.63, 3.8) is 0 Å². The second kappa shape index (κ2) is 5.43. The van der Waals surface area contributed by atoms with Crippen molar-refractivity contribution in [1.29, 1.82) is 0 Å². The van der Waals surface area contributed by atoms with Crippen molar-refractivity contribution in [2.75, 3.05) is 26.3 Å². The predicted octanol–water partition coefficient (Wildman–Crippen LogP) is 1.27. The number of rotatable bonds is 4. The van der Waals surface area contributed by atoms with E-state index >= 15 is 0 Å². The van der Waals surface area contributed by atoms with Crippen LogP contribution in [0.5, 0.6) is 0 Å². The molecule has 2 atom stereocenters. The molecule has 2 aromatic rings. The molecule has 7 nitrogen and oxygen atoms in total. The monoisotopic (exact) mass is 315 g/mol. The Balaban J connectivity index is 1.48. The molecule has 7 heteroatoms. The quantitative estimate of drug-likeness (QED) is 0.908. The van der Waals surface area contributed by atoms with Crippen molar-refractivity contribution in [1.82, 2.24) is 15.0 Å². The fourth-order valence-corrected chi connectivity index (χ4v) is 3.52. The highest BCUT2D eigenvalue weighted by Crippen LogP contribution is 2.42. The Labute approximate surface area is 132 Å². The summed E-state index contributed by atoms with van der Waals surface area (Å²) in [5.74, 6) is 0.00196. The number of nitrogens with zero attached hydrogens (tertiary/aromatic N) is 3. The van der Waals surface area contributed by atoms with Gasteiger partial charge in [-0.2, -0.15) is 0 Å². The summed E-state index contributed by atoms with van der Waals surface area (Å²) in [7, 11) is 0. The van der Waals surface area contributed by atoms with E-state index < -0.39 is 11.4 Å². The molecule has 0 aromatic carbocycles. The van der Waals surface area contributed by atoms with Gasteiger partial charge in [0.05, 0.1) is 19.8 Å². The summed E-state index contributed by atoms with van der Waals surface area (Å²) in [5.41, 5.74) is 0.867. The van der Waals surface area contributed by atoms with Gasteiger partial charge in [0.1, 0.15) is 11.1 Å². The predicted molar refractivity (Wildman–Crippen MR) is 79.4 cm³/mol. The molecule has 4 heterocycles. The first kappa shape index (κ1) is 14.3. The third-order valence-corrected chi connectivity index (χ3v) is 4.77. The fraction of sp³-hybridized carbons (Fsp3) is 0.438. The minimum Gasteiger partial charge on any atom is -0.481 e. The molecule has 0 unspecified atom stereocenters. The fourth-order valence-electron chi connectivity index (χ4n) is 3.52. The van der Waals surface area contributed by atoms with Gasteiger partial charge in [0, 0.05) is 43.0 Å². The van der Waals surface area contributed by atoms with Crippen LogP contribution in [-0.4, -0.2) is 52.4 Å². The zero-order chi connectivity index (χ0) is 15.9. The first-order valence-corrected chi connectivity index (χ1v) is 7.57. The van der Waals surface area contributed by atoms with Crippen LogP contribution in [0.25, 0.3) is 11.3 Å². The van der Waals surface area contributed by atoms with E-state index in [0.717, 1.165) is 17.0 Å². The summed E-state index contributed by atoms with van der Waals surface area (Å²) >= 11 is 0. The molecular formula is C16H17N3O4. The zero-order valence-electron chi connectivity index (χ0n) is 12.5. The summed E-state index contributed by atoms with van der Waals surface area (Å²) < 4.78 is 10.8. The van der Waals surface area contributed by atoms with Gasteiger partial charge in [0.25, 0.3) is 0 Å². The van der Waals surface area contributed by atoms with E-state index in [1.807, 2.05) is 18.2 Å². The van der Waals surface area contributed by atoms with Crippen molar-refractivity contribution >= 4 is 5.97 Å². The summed E-state index contributed by atoms with van der Waals surface area (Å²) in [6, 6.07) is 5.66. The molecule has 2 aliphatic rings. The topological polar surface area (TPSA) is 88.7 Å². The molecule has 0 bridgehead atoms. The smallest absolute Gasteiger partial charge is 0.313 e. The molecule has 2 aliphatic heterocycles. The van der Waals surface area contributed by atoms with Gasteiger partial charge in [-0.15, -0.1) is 0 Å². The van der Waals surface area contributed by atoms with E-state index in [0.29, 0.717) is 32.8 Å². The Morgan fingerprint density at radius 2 is 2.43 bits per heavy atom. The van der Waals surface area contributed by atoms with Crippen molar-refractivity contribution in [3.8, 4) is 11.3 Å². The lowest BCUT2D eigenvalue weighted by Gasteiger charge is -2.21. The average Bonchev–Trinajstić information content (AvgIpc) is 3.22. The van der Waals surface area contributed by atoms with Gasteiger partial charge in [-0.3, -0.25) is 14.7 Å². The number of aliphatic carboxylic acids is 1. The van der Waals surface area contributed by atoms with Crippen LogP contribution in [0, 0.1) is 11.3 Å². The number of carbonyl (C=O) groups is 1. The molecule has 0 aliphatic carbocycles. The maximum Gasteiger partial charge on any atom is 0.313 e. The molecule has 0 radical (unpaired) electrons. The highest BCUT2D eigenvalue weighted by atomic mass is 16.5. The first-order valence-electron chi connectivity index (χ1n) is 7.57. The Morgan fingerprint density at radius 1 is 1.52 bits per heavy atom. The van der Waals surface area contributed by atoms with Crippen molar-refractivity contribution < 1.29 is 19.2 Å². The normalized spacial score (nSPS) is 27.2. The standard InChI is InChI=1S/C16H17N3O4/c20-15(21)16-9-19(6-12(16)8-22-10-16)7-13-4-14(18-23-13)11-2-1-3-17-5-11/h1-5,12H,6-10H2,(H,20,21)/t12-,16-/m1/s1. The molecule has 0 saturated carbocycles. The molecule has 1 N–H and O–H groups in total. The number of hydrogen-bond acceptors (Lipinski definition) is 6. The number of carboxylic acids is 1. The van der Waals surface area contributed by atoms with E-state index in [1.54, 1.807) is 12.4 Å². The summed E-state index contributed by atoms with van der Waals surface area (Å²) in [6.07, 6.45) is 3.44. The third-order valence-electron chi connectivity index (χ3n) is 4.77. The molecule has 4 rings (SSSR count). The maximum absolute atomic E-state index is 11.6. The average molecular weight is 315 g/mol. The molecule has 0 spiro atoms. The largest absolute Gasteiger partial charge is 0.481 e. The summed E-state index contributed by atoms with van der Waals surface area (Å²) in [5, 5.41) is 13.6. The number of likely N-dealkylation sites (tertiary alicyclic amines) is 1. The van der Waals surface area contributed by atoms with E-state index in [4.69, 9.17) is 9.26 Å². The number of aromatic nitrogens is 2. The van der Waals surface area contributed by atoms with Gasteiger partial charge in [-0.25, -0.2) is 0 Å². The van der Waals surface area contributed by atoms with E-state index in [9.17, 15) is 9.90 Å². The van der Waals surface area contributed by atoms with Crippen LogP contribution in [0.1, 0.15) is 5.76 Å². The van der Waals surface area contributed by atoms with Crippen LogP contribution < -0.4 is 0 Å². The number of ether oxygens (including phenoxy) is 1. The van der Waals surface area contributed by atoms with Crippen LogP contribution in [-0.2, 0) is 16.1 Å². The van der Waals surface area contributed by atoms with Gasteiger partial charge in [0.2, 0.25) is 0 Å². The van der Waals surface area contributed by atoms with Gasteiger partial charge >= 0.3 is 5.97 Å².